The van der Waals surface area contributed by atoms with E-state index in [0.29, 0.717) is 31.9 Å². The van der Waals surface area contributed by atoms with Gasteiger partial charge in [-0.05, 0) is 30.2 Å². The van der Waals surface area contributed by atoms with Crippen molar-refractivity contribution in [3.63, 3.8) is 0 Å². The van der Waals surface area contributed by atoms with Crippen LogP contribution >= 0.6 is 34.5 Å². The molecule has 1 amide bonds. The van der Waals surface area contributed by atoms with Gasteiger partial charge < -0.3 is 22.1 Å². The maximum atomic E-state index is 13.3. The molecule has 1 heterocycles. The van der Waals surface area contributed by atoms with E-state index in [1.165, 1.54) is 12.1 Å². The van der Waals surface area contributed by atoms with Crippen LogP contribution in [-0.2, 0) is 6.42 Å². The van der Waals surface area contributed by atoms with Gasteiger partial charge in [0, 0.05) is 31.7 Å². The van der Waals surface area contributed by atoms with Crippen molar-refractivity contribution >= 4 is 46.1 Å². The molecule has 0 unspecified atom stereocenters. The highest BCUT2D eigenvalue weighted by Crippen LogP contribution is 2.33. The number of nitrogens with one attached hydrogen (secondary N) is 2. The van der Waals surface area contributed by atoms with Crippen molar-refractivity contribution in [2.45, 2.75) is 12.5 Å². The Hall–Kier alpha value is -1.64. The van der Waals surface area contributed by atoms with Gasteiger partial charge in [-0.3, -0.25) is 4.79 Å². The monoisotopic (exact) mass is 430 g/mol. The molecule has 0 aliphatic heterocycles. The van der Waals surface area contributed by atoms with Gasteiger partial charge in [-0.25, -0.2) is 4.39 Å². The summed E-state index contributed by atoms with van der Waals surface area (Å²) in [5, 5.41) is 6.23. The average molecular weight is 431 g/mol. The minimum Gasteiger partial charge on any atom is -0.387 e. The van der Waals surface area contributed by atoms with Crippen molar-refractivity contribution in [2.24, 2.45) is 11.5 Å². The van der Waals surface area contributed by atoms with Crippen LogP contribution in [0.4, 0.5) is 4.39 Å². The van der Waals surface area contributed by atoms with E-state index in [2.05, 4.69) is 10.6 Å². The molecule has 0 radical (unpaired) electrons. The molecule has 0 fully saturated rings. The van der Waals surface area contributed by atoms with Crippen LogP contribution in [0.25, 0.3) is 5.70 Å². The molecule has 0 saturated carbocycles. The first-order valence-corrected chi connectivity index (χ1v) is 9.78. The van der Waals surface area contributed by atoms with Crippen molar-refractivity contribution in [2.75, 3.05) is 20.1 Å². The van der Waals surface area contributed by atoms with Crippen molar-refractivity contribution in [1.29, 1.82) is 0 Å². The Morgan fingerprint density at radius 1 is 1.33 bits per heavy atom. The number of hydrogen-bond acceptors (Lipinski definition) is 5. The molecule has 5 nitrogen and oxygen atoms in total. The van der Waals surface area contributed by atoms with Crippen molar-refractivity contribution in [3.8, 4) is 0 Å². The fraction of sp³-hybridized carbons (Fsp3) is 0.278. The van der Waals surface area contributed by atoms with Gasteiger partial charge in [-0.2, -0.15) is 0 Å². The summed E-state index contributed by atoms with van der Waals surface area (Å²) in [4.78, 5) is 13.0. The van der Waals surface area contributed by atoms with Gasteiger partial charge >= 0.3 is 0 Å². The second-order valence-corrected chi connectivity index (χ2v) is 7.88. The van der Waals surface area contributed by atoms with E-state index in [1.807, 2.05) is 0 Å². The van der Waals surface area contributed by atoms with E-state index in [1.54, 1.807) is 25.2 Å². The molecule has 2 aromatic rings. The lowest BCUT2D eigenvalue weighted by molar-refractivity contribution is 0.0942. The fourth-order valence-electron chi connectivity index (χ4n) is 2.57. The topological polar surface area (TPSA) is 93.2 Å². The second-order valence-electron chi connectivity index (χ2n) is 5.77. The first-order valence-electron chi connectivity index (χ1n) is 8.21. The van der Waals surface area contributed by atoms with Crippen molar-refractivity contribution in [3.05, 3.63) is 61.5 Å². The lowest BCUT2D eigenvalue weighted by atomic mass is 10.1. The molecule has 1 aromatic carbocycles. The van der Waals surface area contributed by atoms with Crippen LogP contribution in [0, 0.1) is 5.82 Å². The summed E-state index contributed by atoms with van der Waals surface area (Å²) in [6, 6.07) is 7.52. The lowest BCUT2D eigenvalue weighted by Crippen LogP contribution is -2.41. The normalized spacial score (nSPS) is 13.1. The molecule has 1 atom stereocenters. The SMILES string of the molecule is CN/C(=C(/Cl)CN)c1cc(C(=O)N[C@H](CN)Cc2cccc(F)c2)sc1Cl. The number of carbonyl (C=O) groups is 1. The smallest absolute Gasteiger partial charge is 0.261 e. The highest BCUT2D eigenvalue weighted by atomic mass is 35.5. The van der Waals surface area contributed by atoms with E-state index >= 15 is 0 Å². The molecule has 146 valence electrons. The highest BCUT2D eigenvalue weighted by molar-refractivity contribution is 7.18. The summed E-state index contributed by atoms with van der Waals surface area (Å²) in [7, 11) is 1.70. The Morgan fingerprint density at radius 3 is 2.67 bits per heavy atom. The quantitative estimate of drug-likeness (QED) is 0.517. The Balaban J connectivity index is 2.16. The number of rotatable bonds is 8. The maximum Gasteiger partial charge on any atom is 0.261 e. The van der Waals surface area contributed by atoms with E-state index in [-0.39, 0.29) is 30.9 Å². The van der Waals surface area contributed by atoms with Gasteiger partial charge in [-0.15, -0.1) is 11.3 Å². The zero-order valence-electron chi connectivity index (χ0n) is 14.7. The predicted molar refractivity (Wildman–Crippen MR) is 111 cm³/mol. The molecule has 27 heavy (non-hydrogen) atoms. The molecule has 9 heteroatoms. The van der Waals surface area contributed by atoms with Gasteiger partial charge in [0.15, 0.2) is 0 Å². The molecule has 1 aromatic heterocycles. The standard InChI is InChI=1S/C18H21Cl2FN4OS/c1-24-16(14(19)9-23)13-7-15(27-17(13)20)18(26)25-12(8-22)6-10-3-2-4-11(21)5-10/h2-5,7,12,24H,6,8-9,22-23H2,1H3,(H,25,26)/b16-14+/t12-/m0/s1. The lowest BCUT2D eigenvalue weighted by Gasteiger charge is -2.16. The van der Waals surface area contributed by atoms with Gasteiger partial charge in [0.2, 0.25) is 0 Å². The van der Waals surface area contributed by atoms with Gasteiger partial charge in [0.1, 0.15) is 10.2 Å². The third-order valence-electron chi connectivity index (χ3n) is 3.87. The van der Waals surface area contributed by atoms with Crippen LogP contribution in [0.15, 0.2) is 35.4 Å². The highest BCUT2D eigenvalue weighted by Gasteiger charge is 2.20. The van der Waals surface area contributed by atoms with E-state index in [4.69, 9.17) is 34.7 Å². The molecule has 0 aliphatic carbocycles. The number of hydrogen-bond donors (Lipinski definition) is 4. The summed E-state index contributed by atoms with van der Waals surface area (Å²) in [5.74, 6) is -0.633. The minimum atomic E-state index is -0.337. The van der Waals surface area contributed by atoms with Gasteiger partial charge in [0.05, 0.1) is 15.6 Å². The second kappa shape index (κ2) is 10.1. The molecule has 0 spiro atoms. The predicted octanol–water partition coefficient (Wildman–Crippen LogP) is 2.93. The van der Waals surface area contributed by atoms with E-state index in [9.17, 15) is 9.18 Å². The summed E-state index contributed by atoms with van der Waals surface area (Å²) in [6.45, 7) is 0.364. The number of benzene rings is 1. The Bertz CT molecular complexity index is 841. The number of thiophene rings is 1. The zero-order chi connectivity index (χ0) is 20.0. The van der Waals surface area contributed by atoms with Crippen molar-refractivity contribution < 1.29 is 9.18 Å². The van der Waals surface area contributed by atoms with Crippen LogP contribution < -0.4 is 22.1 Å². The third-order valence-corrected chi connectivity index (χ3v) is 5.57. The van der Waals surface area contributed by atoms with E-state index in [0.717, 1.165) is 16.9 Å². The first kappa shape index (κ1) is 21.7. The van der Waals surface area contributed by atoms with Crippen molar-refractivity contribution in [1.82, 2.24) is 10.6 Å². The molecule has 6 N–H and O–H groups in total. The number of amides is 1. The summed E-state index contributed by atoms with van der Waals surface area (Å²) >= 11 is 13.5. The number of nitrogens with two attached hydrogens (primary N) is 2. The van der Waals surface area contributed by atoms with Gasteiger partial charge in [0.25, 0.3) is 5.91 Å². The summed E-state index contributed by atoms with van der Waals surface area (Å²) < 4.78 is 13.8. The molecule has 0 saturated heterocycles. The van der Waals surface area contributed by atoms with Gasteiger partial charge in [-0.1, -0.05) is 35.3 Å². The summed E-state index contributed by atoms with van der Waals surface area (Å²) in [6.07, 6.45) is 0.423. The molecular formula is C18H21Cl2FN4OS. The number of halogens is 3. The summed E-state index contributed by atoms with van der Waals surface area (Å²) in [5.41, 5.74) is 13.3. The molecule has 0 bridgehead atoms. The number of carbonyl (C=O) groups excluding carboxylic acids is 1. The third kappa shape index (κ3) is 5.67. The Morgan fingerprint density at radius 2 is 2.07 bits per heavy atom. The zero-order valence-corrected chi connectivity index (χ0v) is 17.0. The van der Waals surface area contributed by atoms with Crippen LogP contribution in [0.5, 0.6) is 0 Å². The van der Waals surface area contributed by atoms with Crippen LogP contribution in [0.1, 0.15) is 20.8 Å². The minimum absolute atomic E-state index is 0.147. The van der Waals surface area contributed by atoms with E-state index < -0.39 is 0 Å². The molecular weight excluding hydrogens is 410 g/mol. The Labute approximate surface area is 171 Å². The van der Waals surface area contributed by atoms with Crippen LogP contribution in [0.3, 0.4) is 0 Å². The largest absolute Gasteiger partial charge is 0.387 e. The van der Waals surface area contributed by atoms with Crippen LogP contribution in [-0.4, -0.2) is 32.1 Å². The van der Waals surface area contributed by atoms with Crippen LogP contribution in [0.2, 0.25) is 4.34 Å². The first-order chi connectivity index (χ1) is 12.9. The molecule has 0 aliphatic rings. The maximum absolute atomic E-state index is 13.3. The Kier molecular flexibility index (Phi) is 8.07. The molecule has 2 rings (SSSR count). The fourth-order valence-corrected chi connectivity index (χ4v) is 3.96. The average Bonchev–Trinajstić information content (AvgIpc) is 3.03.